The highest BCUT2D eigenvalue weighted by atomic mass is 32.2. The summed E-state index contributed by atoms with van der Waals surface area (Å²) in [5.41, 5.74) is 0.850. The number of thiazole rings is 1. The van der Waals surface area contributed by atoms with E-state index in [4.69, 9.17) is 0 Å². The highest BCUT2D eigenvalue weighted by Gasteiger charge is 2.26. The number of nitrogens with zero attached hydrogens (tertiary/aromatic N) is 2. The second-order valence-electron chi connectivity index (χ2n) is 6.24. The van der Waals surface area contributed by atoms with Crippen molar-refractivity contribution in [3.8, 4) is 0 Å². The molecular formula is C16H26N2O2S2. The van der Waals surface area contributed by atoms with Gasteiger partial charge in [0, 0.05) is 35.2 Å². The van der Waals surface area contributed by atoms with Crippen molar-refractivity contribution in [1.82, 2.24) is 9.88 Å². The molecule has 22 heavy (non-hydrogen) atoms. The lowest BCUT2D eigenvalue weighted by Crippen LogP contribution is -2.40. The summed E-state index contributed by atoms with van der Waals surface area (Å²) in [6.45, 7) is 7.62. The van der Waals surface area contributed by atoms with E-state index in [1.807, 2.05) is 10.3 Å². The van der Waals surface area contributed by atoms with Gasteiger partial charge in [-0.3, -0.25) is 9.00 Å². The van der Waals surface area contributed by atoms with E-state index >= 15 is 0 Å². The standard InChI is InChI=1S/C16H26N2O2S2/c1-12(2)15-17-14(10-21-15)11-22(20)13(3)16(19)18-8-6-4-5-7-9-18/h10,12-13H,4-9,11H2,1-3H3. The Morgan fingerprint density at radius 2 is 1.91 bits per heavy atom. The molecule has 2 unspecified atom stereocenters. The highest BCUT2D eigenvalue weighted by molar-refractivity contribution is 7.85. The van der Waals surface area contributed by atoms with Crippen molar-refractivity contribution in [3.05, 3.63) is 16.1 Å². The van der Waals surface area contributed by atoms with Gasteiger partial charge in [-0.1, -0.05) is 26.7 Å². The van der Waals surface area contributed by atoms with Crippen LogP contribution in [0, 0.1) is 0 Å². The van der Waals surface area contributed by atoms with Crippen LogP contribution in [-0.2, 0) is 21.3 Å². The van der Waals surface area contributed by atoms with Crippen LogP contribution in [0.25, 0.3) is 0 Å². The Hall–Kier alpha value is -0.750. The number of carbonyl (C=O) groups excluding carboxylic acids is 1. The maximum absolute atomic E-state index is 12.5. The second kappa shape index (κ2) is 8.20. The second-order valence-corrected chi connectivity index (χ2v) is 8.89. The summed E-state index contributed by atoms with van der Waals surface area (Å²) in [5, 5.41) is 2.59. The first kappa shape index (κ1) is 17.6. The van der Waals surface area contributed by atoms with E-state index < -0.39 is 16.0 Å². The van der Waals surface area contributed by atoms with Crippen molar-refractivity contribution in [2.24, 2.45) is 0 Å². The Morgan fingerprint density at radius 1 is 1.27 bits per heavy atom. The van der Waals surface area contributed by atoms with Crippen molar-refractivity contribution in [3.63, 3.8) is 0 Å². The van der Waals surface area contributed by atoms with E-state index in [1.54, 1.807) is 18.3 Å². The van der Waals surface area contributed by atoms with Crippen LogP contribution in [0.5, 0.6) is 0 Å². The fraction of sp³-hybridized carbons (Fsp3) is 0.750. The number of rotatable bonds is 5. The zero-order valence-electron chi connectivity index (χ0n) is 13.7. The van der Waals surface area contributed by atoms with Gasteiger partial charge in [0.25, 0.3) is 0 Å². The smallest absolute Gasteiger partial charge is 0.238 e. The molecule has 2 rings (SSSR count). The molecular weight excluding hydrogens is 316 g/mol. The predicted molar refractivity (Wildman–Crippen MR) is 92.6 cm³/mol. The zero-order chi connectivity index (χ0) is 16.1. The number of hydrogen-bond acceptors (Lipinski definition) is 4. The minimum absolute atomic E-state index is 0.0412. The zero-order valence-corrected chi connectivity index (χ0v) is 15.3. The van der Waals surface area contributed by atoms with E-state index in [2.05, 4.69) is 18.8 Å². The first-order chi connectivity index (χ1) is 10.5. The van der Waals surface area contributed by atoms with Crippen LogP contribution in [-0.4, -0.2) is 38.3 Å². The molecule has 0 radical (unpaired) electrons. The monoisotopic (exact) mass is 342 g/mol. The Labute approximate surface area is 139 Å². The van der Waals surface area contributed by atoms with Crippen LogP contribution in [0.3, 0.4) is 0 Å². The van der Waals surface area contributed by atoms with Gasteiger partial charge in [0.1, 0.15) is 5.25 Å². The summed E-state index contributed by atoms with van der Waals surface area (Å²) in [6.07, 6.45) is 4.51. The molecule has 2 heterocycles. The lowest BCUT2D eigenvalue weighted by molar-refractivity contribution is -0.130. The maximum atomic E-state index is 12.5. The topological polar surface area (TPSA) is 50.3 Å². The molecule has 1 saturated heterocycles. The highest BCUT2D eigenvalue weighted by Crippen LogP contribution is 2.21. The number of hydrogen-bond donors (Lipinski definition) is 0. The summed E-state index contributed by atoms with van der Waals surface area (Å²) in [7, 11) is -1.20. The van der Waals surface area contributed by atoms with Gasteiger partial charge in [-0.25, -0.2) is 4.98 Å². The molecule has 1 aliphatic rings. The molecule has 1 fully saturated rings. The lowest BCUT2D eigenvalue weighted by Gasteiger charge is -2.23. The normalized spacial score (nSPS) is 19.0. The third kappa shape index (κ3) is 4.62. The van der Waals surface area contributed by atoms with Gasteiger partial charge in [0.05, 0.1) is 16.5 Å². The fourth-order valence-electron chi connectivity index (χ4n) is 2.59. The third-order valence-electron chi connectivity index (χ3n) is 4.01. The van der Waals surface area contributed by atoms with E-state index in [0.717, 1.165) is 36.6 Å². The van der Waals surface area contributed by atoms with Gasteiger partial charge in [0.2, 0.25) is 5.91 Å². The molecule has 4 nitrogen and oxygen atoms in total. The Kier molecular flexibility index (Phi) is 6.56. The molecule has 124 valence electrons. The van der Waals surface area contributed by atoms with Crippen molar-refractivity contribution in [2.75, 3.05) is 13.1 Å². The molecule has 0 aliphatic carbocycles. The van der Waals surface area contributed by atoms with Crippen LogP contribution in [0.4, 0.5) is 0 Å². The summed E-state index contributed by atoms with van der Waals surface area (Å²) in [4.78, 5) is 18.9. The summed E-state index contributed by atoms with van der Waals surface area (Å²) in [6, 6.07) is 0. The SMILES string of the molecule is CC(C)c1nc(CS(=O)C(C)C(=O)N2CCCCCC2)cs1. The van der Waals surface area contributed by atoms with Gasteiger partial charge >= 0.3 is 0 Å². The fourth-order valence-corrected chi connectivity index (χ4v) is 4.59. The minimum Gasteiger partial charge on any atom is -0.342 e. The van der Waals surface area contributed by atoms with Crippen LogP contribution < -0.4 is 0 Å². The molecule has 0 N–H and O–H groups in total. The molecule has 0 bridgehead atoms. The van der Waals surface area contributed by atoms with E-state index in [0.29, 0.717) is 11.7 Å². The maximum Gasteiger partial charge on any atom is 0.238 e. The quantitative estimate of drug-likeness (QED) is 0.825. The lowest BCUT2D eigenvalue weighted by atomic mass is 10.2. The van der Waals surface area contributed by atoms with Gasteiger partial charge in [-0.05, 0) is 19.8 Å². The molecule has 0 spiro atoms. The summed E-state index contributed by atoms with van der Waals surface area (Å²) >= 11 is 1.61. The molecule has 6 heteroatoms. The number of carbonyl (C=O) groups is 1. The van der Waals surface area contributed by atoms with Crippen LogP contribution in [0.1, 0.15) is 63.1 Å². The van der Waals surface area contributed by atoms with Gasteiger partial charge < -0.3 is 4.90 Å². The van der Waals surface area contributed by atoms with Crippen molar-refractivity contribution < 1.29 is 9.00 Å². The van der Waals surface area contributed by atoms with Crippen LogP contribution in [0.15, 0.2) is 5.38 Å². The molecule has 1 aromatic heterocycles. The number of likely N-dealkylation sites (tertiary alicyclic amines) is 1. The average Bonchev–Trinajstić information content (AvgIpc) is 2.79. The first-order valence-corrected chi connectivity index (χ1v) is 10.4. The van der Waals surface area contributed by atoms with E-state index in [9.17, 15) is 9.00 Å². The van der Waals surface area contributed by atoms with Gasteiger partial charge in [-0.2, -0.15) is 0 Å². The largest absolute Gasteiger partial charge is 0.342 e. The third-order valence-corrected chi connectivity index (χ3v) is 6.78. The number of amides is 1. The van der Waals surface area contributed by atoms with Crippen molar-refractivity contribution in [1.29, 1.82) is 0 Å². The average molecular weight is 343 g/mol. The van der Waals surface area contributed by atoms with Crippen LogP contribution >= 0.6 is 11.3 Å². The molecule has 1 aromatic rings. The number of aromatic nitrogens is 1. The van der Waals surface area contributed by atoms with E-state index in [-0.39, 0.29) is 5.91 Å². The summed E-state index contributed by atoms with van der Waals surface area (Å²) < 4.78 is 12.5. The van der Waals surface area contributed by atoms with Gasteiger partial charge in [0.15, 0.2) is 0 Å². The molecule has 2 atom stereocenters. The molecule has 1 amide bonds. The van der Waals surface area contributed by atoms with E-state index in [1.165, 1.54) is 12.8 Å². The van der Waals surface area contributed by atoms with Crippen LogP contribution in [0.2, 0.25) is 0 Å². The minimum atomic E-state index is -1.20. The summed E-state index contributed by atoms with van der Waals surface area (Å²) in [5.74, 6) is 0.812. The Bertz CT molecular complexity index is 520. The first-order valence-electron chi connectivity index (χ1n) is 8.09. The van der Waals surface area contributed by atoms with Crippen molar-refractivity contribution in [2.45, 2.75) is 63.4 Å². The molecule has 0 aromatic carbocycles. The van der Waals surface area contributed by atoms with Crippen molar-refractivity contribution >= 4 is 28.0 Å². The Morgan fingerprint density at radius 3 is 2.45 bits per heavy atom. The van der Waals surface area contributed by atoms with Gasteiger partial charge in [-0.15, -0.1) is 11.3 Å². The molecule has 0 saturated carbocycles. The Balaban J connectivity index is 1.93. The predicted octanol–water partition coefficient (Wildman–Crippen LogP) is 3.31. The molecule has 1 aliphatic heterocycles.